The van der Waals surface area contributed by atoms with Gasteiger partial charge >= 0.3 is 0 Å². The predicted octanol–water partition coefficient (Wildman–Crippen LogP) is 2.61. The zero-order valence-corrected chi connectivity index (χ0v) is 12.3. The first-order valence-electron chi connectivity index (χ1n) is 5.39. The first kappa shape index (κ1) is 13.8. The van der Waals surface area contributed by atoms with Gasteiger partial charge in [0.25, 0.3) is 0 Å². The molecule has 0 aliphatic rings. The zero-order valence-electron chi connectivity index (χ0n) is 9.92. The summed E-state index contributed by atoms with van der Waals surface area (Å²) in [6.45, 7) is 4.12. The molecule has 90 valence electrons. The van der Waals surface area contributed by atoms with Crippen molar-refractivity contribution in [3.63, 3.8) is 0 Å². The largest absolute Gasteiger partial charge is 0.298 e. The van der Waals surface area contributed by atoms with Gasteiger partial charge in [0.2, 0.25) is 0 Å². The molecule has 16 heavy (non-hydrogen) atoms. The van der Waals surface area contributed by atoms with E-state index in [1.165, 1.54) is 0 Å². The highest BCUT2D eigenvalue weighted by molar-refractivity contribution is 9.10. The number of nitrogens with zero attached hydrogens (tertiary/aromatic N) is 2. The topological polar surface area (TPSA) is 34.9 Å². The Labute approximate surface area is 109 Å². The van der Waals surface area contributed by atoms with E-state index in [0.29, 0.717) is 12.2 Å². The molecule has 1 aromatic heterocycles. The number of aromatic nitrogens is 2. The minimum atomic E-state index is 0.262. The number of hydrogen-bond donors (Lipinski definition) is 0. The summed E-state index contributed by atoms with van der Waals surface area (Å²) in [5, 5.41) is 4.37. The van der Waals surface area contributed by atoms with E-state index in [1.54, 1.807) is 16.4 Å². The van der Waals surface area contributed by atoms with Crippen molar-refractivity contribution in [1.82, 2.24) is 9.78 Å². The van der Waals surface area contributed by atoms with Gasteiger partial charge in [-0.15, -0.1) is 0 Å². The van der Waals surface area contributed by atoms with E-state index in [4.69, 9.17) is 0 Å². The fourth-order valence-corrected chi connectivity index (χ4v) is 2.76. The van der Waals surface area contributed by atoms with E-state index in [2.05, 4.69) is 34.9 Å². The number of Topliss-reactive ketones (excluding diaryl/α,β-unsaturated/α-hetero) is 1. The van der Waals surface area contributed by atoms with Crippen molar-refractivity contribution in [2.75, 3.05) is 11.5 Å². The van der Waals surface area contributed by atoms with Gasteiger partial charge in [-0.2, -0.15) is 16.9 Å². The minimum Gasteiger partial charge on any atom is -0.298 e. The first-order chi connectivity index (χ1) is 7.60. The Bertz CT molecular complexity index is 376. The van der Waals surface area contributed by atoms with E-state index in [9.17, 15) is 4.79 Å². The number of carbonyl (C=O) groups is 1. The average Bonchev–Trinajstić information content (AvgIpc) is 2.53. The Morgan fingerprint density at radius 2 is 2.19 bits per heavy atom. The van der Waals surface area contributed by atoms with Gasteiger partial charge in [-0.25, -0.2) is 0 Å². The lowest BCUT2D eigenvalue weighted by molar-refractivity contribution is -0.116. The number of aryl methyl sites for hydroxylation is 2. The number of halogens is 1. The van der Waals surface area contributed by atoms with Crippen LogP contribution in [0.4, 0.5) is 0 Å². The van der Waals surface area contributed by atoms with Crippen molar-refractivity contribution in [3.05, 3.63) is 15.9 Å². The van der Waals surface area contributed by atoms with Gasteiger partial charge in [0.1, 0.15) is 5.78 Å². The molecule has 0 saturated heterocycles. The molecule has 0 aromatic carbocycles. The van der Waals surface area contributed by atoms with E-state index in [0.717, 1.165) is 28.0 Å². The highest BCUT2D eigenvalue weighted by Gasteiger charge is 2.15. The fourth-order valence-electron chi connectivity index (χ4n) is 1.47. The lowest BCUT2D eigenvalue weighted by Gasteiger charge is -2.02. The summed E-state index contributed by atoms with van der Waals surface area (Å²) in [6.07, 6.45) is 1.35. The molecule has 1 aromatic rings. The molecule has 5 heteroatoms. The quantitative estimate of drug-likeness (QED) is 0.810. The molecule has 1 heterocycles. The maximum absolute atomic E-state index is 11.7. The third kappa shape index (κ3) is 3.35. The molecule has 0 spiro atoms. The molecule has 0 amide bonds. The second kappa shape index (κ2) is 6.45. The van der Waals surface area contributed by atoms with Crippen molar-refractivity contribution in [2.45, 2.75) is 26.7 Å². The second-order valence-corrected chi connectivity index (χ2v) is 5.60. The molecule has 0 radical (unpaired) electrons. The van der Waals surface area contributed by atoms with Crippen molar-refractivity contribution >= 4 is 33.5 Å². The summed E-state index contributed by atoms with van der Waals surface area (Å²) in [5.41, 5.74) is 2.01. The van der Waals surface area contributed by atoms with Crippen LogP contribution in [0.5, 0.6) is 0 Å². The fraction of sp³-hybridized carbons (Fsp3) is 0.636. The number of carbonyl (C=O) groups excluding carboxylic acids is 1. The summed E-state index contributed by atoms with van der Waals surface area (Å²) >= 11 is 5.18. The summed E-state index contributed by atoms with van der Waals surface area (Å²) in [4.78, 5) is 11.7. The Balaban J connectivity index is 2.73. The van der Waals surface area contributed by atoms with Crippen LogP contribution in [0.15, 0.2) is 4.47 Å². The molecule has 0 aliphatic heterocycles. The van der Waals surface area contributed by atoms with Crippen molar-refractivity contribution in [1.29, 1.82) is 0 Å². The van der Waals surface area contributed by atoms with E-state index >= 15 is 0 Å². The maximum atomic E-state index is 11.7. The molecular weight excluding hydrogens is 288 g/mol. The Hall–Kier alpha value is -0.290. The second-order valence-electron chi connectivity index (χ2n) is 3.54. The SMILES string of the molecule is CCSCC(=O)Cc1c(Br)c(CC)nn1C. The van der Waals surface area contributed by atoms with Gasteiger partial charge in [0.05, 0.1) is 28.0 Å². The van der Waals surface area contributed by atoms with Crippen LogP contribution in [-0.4, -0.2) is 27.1 Å². The van der Waals surface area contributed by atoms with Crippen LogP contribution < -0.4 is 0 Å². The molecule has 3 nitrogen and oxygen atoms in total. The molecule has 1 rings (SSSR count). The number of hydrogen-bond acceptors (Lipinski definition) is 3. The van der Waals surface area contributed by atoms with Gasteiger partial charge in [0.15, 0.2) is 0 Å². The van der Waals surface area contributed by atoms with Gasteiger partial charge in [-0.05, 0) is 28.1 Å². The van der Waals surface area contributed by atoms with Gasteiger partial charge in [-0.1, -0.05) is 13.8 Å². The standard InChI is InChI=1S/C11H17BrN2OS/c1-4-9-11(12)10(14(3)13-9)6-8(15)7-16-5-2/h4-7H2,1-3H3. The van der Waals surface area contributed by atoms with Crippen LogP contribution in [0.1, 0.15) is 25.2 Å². The average molecular weight is 305 g/mol. The van der Waals surface area contributed by atoms with Crippen molar-refractivity contribution in [2.24, 2.45) is 7.05 Å². The zero-order chi connectivity index (χ0) is 12.1. The highest BCUT2D eigenvalue weighted by atomic mass is 79.9. The Morgan fingerprint density at radius 3 is 2.69 bits per heavy atom. The van der Waals surface area contributed by atoms with Crippen LogP contribution >= 0.6 is 27.7 Å². The summed E-state index contributed by atoms with van der Waals surface area (Å²) in [7, 11) is 1.89. The summed E-state index contributed by atoms with van der Waals surface area (Å²) < 4.78 is 2.80. The monoisotopic (exact) mass is 304 g/mol. The van der Waals surface area contributed by atoms with Crippen molar-refractivity contribution in [3.8, 4) is 0 Å². The summed E-state index contributed by atoms with van der Waals surface area (Å²) in [5.74, 6) is 1.84. The number of thioether (sulfide) groups is 1. The van der Waals surface area contributed by atoms with Crippen LogP contribution in [-0.2, 0) is 24.7 Å². The Kier molecular flexibility index (Phi) is 5.55. The molecule has 0 atom stereocenters. The third-order valence-electron chi connectivity index (χ3n) is 2.33. The van der Waals surface area contributed by atoms with Crippen LogP contribution in [0.25, 0.3) is 0 Å². The highest BCUT2D eigenvalue weighted by Crippen LogP contribution is 2.22. The van der Waals surface area contributed by atoms with Gasteiger partial charge in [0, 0.05) is 7.05 Å². The van der Waals surface area contributed by atoms with Gasteiger partial charge in [-0.3, -0.25) is 9.48 Å². The number of ketones is 1. The molecule has 0 bridgehead atoms. The van der Waals surface area contributed by atoms with Gasteiger partial charge < -0.3 is 0 Å². The predicted molar refractivity (Wildman–Crippen MR) is 72.0 cm³/mol. The van der Waals surface area contributed by atoms with Crippen LogP contribution in [0.3, 0.4) is 0 Å². The molecule has 0 unspecified atom stereocenters. The molecule has 0 fully saturated rings. The van der Waals surface area contributed by atoms with Crippen LogP contribution in [0, 0.1) is 0 Å². The first-order valence-corrected chi connectivity index (χ1v) is 7.34. The molecule has 0 N–H and O–H groups in total. The smallest absolute Gasteiger partial charge is 0.148 e. The molecule has 0 saturated carbocycles. The van der Waals surface area contributed by atoms with Crippen LogP contribution in [0.2, 0.25) is 0 Å². The minimum absolute atomic E-state index is 0.262. The normalized spacial score (nSPS) is 10.8. The lowest BCUT2D eigenvalue weighted by atomic mass is 10.2. The summed E-state index contributed by atoms with van der Waals surface area (Å²) in [6, 6.07) is 0. The maximum Gasteiger partial charge on any atom is 0.148 e. The molecule has 0 aliphatic carbocycles. The van der Waals surface area contributed by atoms with Crippen molar-refractivity contribution < 1.29 is 4.79 Å². The third-order valence-corrected chi connectivity index (χ3v) is 4.18. The van der Waals surface area contributed by atoms with E-state index in [1.807, 2.05) is 7.05 Å². The van der Waals surface area contributed by atoms with E-state index < -0.39 is 0 Å². The van der Waals surface area contributed by atoms with E-state index in [-0.39, 0.29) is 5.78 Å². The molecular formula is C11H17BrN2OS. The lowest BCUT2D eigenvalue weighted by Crippen LogP contribution is -2.10. The Morgan fingerprint density at radius 1 is 1.50 bits per heavy atom. The number of rotatable bonds is 6.